The van der Waals surface area contributed by atoms with E-state index in [4.69, 9.17) is 9.47 Å². The molecule has 0 unspecified atom stereocenters. The van der Waals surface area contributed by atoms with E-state index in [1.54, 1.807) is 18.2 Å². The lowest BCUT2D eigenvalue weighted by molar-refractivity contribution is 0.112. The lowest BCUT2D eigenvalue weighted by Crippen LogP contribution is -2.00. The fourth-order valence-corrected chi connectivity index (χ4v) is 1.59. The van der Waals surface area contributed by atoms with Gasteiger partial charge in [0.25, 0.3) is 0 Å². The summed E-state index contributed by atoms with van der Waals surface area (Å²) in [5, 5.41) is 0. The van der Waals surface area contributed by atoms with Crippen molar-refractivity contribution in [2.45, 2.75) is 6.92 Å². The normalized spacial score (nSPS) is 9.62. The Morgan fingerprint density at radius 2 is 2.06 bits per heavy atom. The van der Waals surface area contributed by atoms with Gasteiger partial charge in [-0.25, -0.2) is 0 Å². The van der Waals surface area contributed by atoms with E-state index in [-0.39, 0.29) is 0 Å². The summed E-state index contributed by atoms with van der Waals surface area (Å²) < 4.78 is 11.5. The molecule has 0 radical (unpaired) electrons. The largest absolute Gasteiger partial charge is 0.490 e. The average Bonchev–Trinajstić information content (AvgIpc) is 2.29. The molecule has 0 spiro atoms. The second-order valence-electron chi connectivity index (χ2n) is 2.97. The standard InChI is InChI=1S/C12H13BrO3/c1-3-5-16-12-7-10(13)9(8-14)6-11(12)15-4-2/h3,6-8H,1,4-5H2,2H3. The van der Waals surface area contributed by atoms with Crippen LogP contribution in [0.25, 0.3) is 0 Å². The van der Waals surface area contributed by atoms with Gasteiger partial charge in [0.05, 0.1) is 6.61 Å². The van der Waals surface area contributed by atoms with Crippen LogP contribution in [0.4, 0.5) is 0 Å². The van der Waals surface area contributed by atoms with Gasteiger partial charge in [0.1, 0.15) is 6.61 Å². The van der Waals surface area contributed by atoms with Crippen molar-refractivity contribution in [2.75, 3.05) is 13.2 Å². The molecule has 0 amide bonds. The van der Waals surface area contributed by atoms with Crippen LogP contribution in [0.1, 0.15) is 17.3 Å². The highest BCUT2D eigenvalue weighted by Crippen LogP contribution is 2.33. The lowest BCUT2D eigenvalue weighted by Gasteiger charge is -2.12. The molecule has 1 aromatic rings. The molecule has 0 fully saturated rings. The maximum absolute atomic E-state index is 10.8. The summed E-state index contributed by atoms with van der Waals surface area (Å²) in [6, 6.07) is 3.37. The lowest BCUT2D eigenvalue weighted by atomic mass is 10.2. The van der Waals surface area contributed by atoms with Gasteiger partial charge < -0.3 is 9.47 Å². The first-order chi connectivity index (χ1) is 7.72. The Balaban J connectivity index is 3.07. The maximum atomic E-state index is 10.8. The third-order valence-electron chi connectivity index (χ3n) is 1.85. The van der Waals surface area contributed by atoms with Gasteiger partial charge in [0, 0.05) is 10.0 Å². The van der Waals surface area contributed by atoms with Gasteiger partial charge in [0.2, 0.25) is 0 Å². The summed E-state index contributed by atoms with van der Waals surface area (Å²) in [4.78, 5) is 10.8. The molecule has 0 aliphatic rings. The molecular formula is C12H13BrO3. The topological polar surface area (TPSA) is 35.5 Å². The van der Waals surface area contributed by atoms with Crippen molar-refractivity contribution < 1.29 is 14.3 Å². The van der Waals surface area contributed by atoms with Crippen molar-refractivity contribution in [3.63, 3.8) is 0 Å². The number of hydrogen-bond acceptors (Lipinski definition) is 3. The average molecular weight is 285 g/mol. The minimum Gasteiger partial charge on any atom is -0.490 e. The number of carbonyl (C=O) groups excluding carboxylic acids is 1. The van der Waals surface area contributed by atoms with Crippen molar-refractivity contribution in [3.05, 3.63) is 34.8 Å². The van der Waals surface area contributed by atoms with Crippen LogP contribution >= 0.6 is 15.9 Å². The molecule has 0 bridgehead atoms. The summed E-state index contributed by atoms with van der Waals surface area (Å²) in [7, 11) is 0. The number of halogens is 1. The van der Waals surface area contributed by atoms with E-state index in [0.29, 0.717) is 34.7 Å². The number of ether oxygens (including phenoxy) is 2. The molecule has 0 saturated heterocycles. The molecule has 0 heterocycles. The van der Waals surface area contributed by atoms with Crippen molar-refractivity contribution >= 4 is 22.2 Å². The zero-order chi connectivity index (χ0) is 12.0. The van der Waals surface area contributed by atoms with Crippen molar-refractivity contribution in [2.24, 2.45) is 0 Å². The number of hydrogen-bond donors (Lipinski definition) is 0. The Kier molecular flexibility index (Phi) is 5.05. The van der Waals surface area contributed by atoms with Crippen LogP contribution in [-0.2, 0) is 0 Å². The Hall–Kier alpha value is -1.29. The van der Waals surface area contributed by atoms with E-state index in [0.717, 1.165) is 6.29 Å². The van der Waals surface area contributed by atoms with E-state index < -0.39 is 0 Å². The van der Waals surface area contributed by atoms with E-state index in [2.05, 4.69) is 22.5 Å². The number of carbonyl (C=O) groups is 1. The quantitative estimate of drug-likeness (QED) is 0.594. The molecule has 0 aromatic heterocycles. The first-order valence-electron chi connectivity index (χ1n) is 4.88. The maximum Gasteiger partial charge on any atom is 0.162 e. The summed E-state index contributed by atoms with van der Waals surface area (Å²) in [5.41, 5.74) is 0.536. The number of benzene rings is 1. The molecule has 0 aliphatic heterocycles. The Bertz CT molecular complexity index is 388. The van der Waals surface area contributed by atoms with Gasteiger partial charge in [-0.1, -0.05) is 12.7 Å². The Labute approximate surface area is 103 Å². The fraction of sp³-hybridized carbons (Fsp3) is 0.250. The minimum atomic E-state index is 0.396. The van der Waals surface area contributed by atoms with E-state index in [1.165, 1.54) is 0 Å². The molecule has 3 nitrogen and oxygen atoms in total. The monoisotopic (exact) mass is 284 g/mol. The summed E-state index contributed by atoms with van der Waals surface area (Å²) in [6.45, 7) is 6.36. The first kappa shape index (κ1) is 12.8. The second-order valence-corrected chi connectivity index (χ2v) is 3.83. The van der Waals surface area contributed by atoms with E-state index in [1.807, 2.05) is 6.92 Å². The molecule has 1 rings (SSSR count). The second kappa shape index (κ2) is 6.33. The van der Waals surface area contributed by atoms with Crippen LogP contribution in [0.3, 0.4) is 0 Å². The predicted octanol–water partition coefficient (Wildman–Crippen LogP) is 3.23. The van der Waals surface area contributed by atoms with E-state index in [9.17, 15) is 4.79 Å². The van der Waals surface area contributed by atoms with Gasteiger partial charge in [-0.3, -0.25) is 4.79 Å². The molecule has 86 valence electrons. The molecule has 0 saturated carbocycles. The fourth-order valence-electron chi connectivity index (χ4n) is 1.17. The van der Waals surface area contributed by atoms with Crippen molar-refractivity contribution in [1.82, 2.24) is 0 Å². The zero-order valence-corrected chi connectivity index (χ0v) is 10.6. The van der Waals surface area contributed by atoms with Gasteiger partial charge in [-0.05, 0) is 35.0 Å². The highest BCUT2D eigenvalue weighted by Gasteiger charge is 2.09. The first-order valence-corrected chi connectivity index (χ1v) is 5.67. The predicted molar refractivity (Wildman–Crippen MR) is 66.4 cm³/mol. The van der Waals surface area contributed by atoms with Gasteiger partial charge in [-0.2, -0.15) is 0 Å². The summed E-state index contributed by atoms with van der Waals surface area (Å²) in [5.74, 6) is 1.16. The van der Waals surface area contributed by atoms with Crippen LogP contribution in [0, 0.1) is 0 Å². The molecule has 4 heteroatoms. The van der Waals surface area contributed by atoms with Crippen LogP contribution in [-0.4, -0.2) is 19.5 Å². The molecule has 0 aliphatic carbocycles. The van der Waals surface area contributed by atoms with E-state index >= 15 is 0 Å². The van der Waals surface area contributed by atoms with Crippen LogP contribution in [0.2, 0.25) is 0 Å². The molecule has 0 atom stereocenters. The minimum absolute atomic E-state index is 0.396. The Morgan fingerprint density at radius 1 is 1.38 bits per heavy atom. The molecular weight excluding hydrogens is 272 g/mol. The van der Waals surface area contributed by atoms with Crippen LogP contribution in [0.15, 0.2) is 29.3 Å². The van der Waals surface area contributed by atoms with Gasteiger partial charge in [0.15, 0.2) is 17.8 Å². The number of rotatable bonds is 6. The number of aldehydes is 1. The SMILES string of the molecule is C=CCOc1cc(Br)c(C=O)cc1OCC. The molecule has 16 heavy (non-hydrogen) atoms. The van der Waals surface area contributed by atoms with Gasteiger partial charge >= 0.3 is 0 Å². The molecule has 0 N–H and O–H groups in total. The zero-order valence-electron chi connectivity index (χ0n) is 9.03. The van der Waals surface area contributed by atoms with Crippen LogP contribution in [0.5, 0.6) is 11.5 Å². The van der Waals surface area contributed by atoms with Gasteiger partial charge in [-0.15, -0.1) is 0 Å². The Morgan fingerprint density at radius 3 is 2.62 bits per heavy atom. The highest BCUT2D eigenvalue weighted by atomic mass is 79.9. The summed E-state index contributed by atoms with van der Waals surface area (Å²) >= 11 is 3.29. The van der Waals surface area contributed by atoms with Crippen LogP contribution < -0.4 is 9.47 Å². The third kappa shape index (κ3) is 3.10. The summed E-state index contributed by atoms with van der Waals surface area (Å²) in [6.07, 6.45) is 2.42. The smallest absolute Gasteiger partial charge is 0.162 e. The third-order valence-corrected chi connectivity index (χ3v) is 2.53. The molecule has 1 aromatic carbocycles. The van der Waals surface area contributed by atoms with Crippen molar-refractivity contribution in [1.29, 1.82) is 0 Å². The highest BCUT2D eigenvalue weighted by molar-refractivity contribution is 9.10. The van der Waals surface area contributed by atoms with Crippen molar-refractivity contribution in [3.8, 4) is 11.5 Å².